The molecule has 6 nitrogen and oxygen atoms in total. The standard InChI is InChI=1S/C17H20O6/c1-11(17(18)19-2)16(23-15-5-3-4-8-20-15)12-6-7-13-14(9-12)22-10-21-13/h6-7,9,15-16H,1,3-5,8,10H2,2H3. The van der Waals surface area contributed by atoms with Crippen LogP contribution >= 0.6 is 0 Å². The van der Waals surface area contributed by atoms with Crippen LogP contribution in [0.25, 0.3) is 0 Å². The van der Waals surface area contributed by atoms with Crippen LogP contribution in [0, 0.1) is 0 Å². The molecule has 6 heteroatoms. The third kappa shape index (κ3) is 3.48. The van der Waals surface area contributed by atoms with Gasteiger partial charge in [-0.2, -0.15) is 0 Å². The van der Waals surface area contributed by atoms with Gasteiger partial charge in [-0.05, 0) is 37.0 Å². The maximum absolute atomic E-state index is 11.9. The molecule has 1 aromatic rings. The van der Waals surface area contributed by atoms with Gasteiger partial charge in [-0.25, -0.2) is 4.79 Å². The van der Waals surface area contributed by atoms with Crippen LogP contribution in [0.1, 0.15) is 30.9 Å². The molecule has 2 heterocycles. The van der Waals surface area contributed by atoms with E-state index in [9.17, 15) is 4.79 Å². The normalized spacial score (nSPS) is 20.8. The Hall–Kier alpha value is -2.05. The van der Waals surface area contributed by atoms with Crippen LogP contribution in [0.2, 0.25) is 0 Å². The topological polar surface area (TPSA) is 63.2 Å². The Balaban J connectivity index is 1.84. The minimum atomic E-state index is -0.653. The zero-order valence-electron chi connectivity index (χ0n) is 13.1. The van der Waals surface area contributed by atoms with Crippen molar-refractivity contribution in [2.24, 2.45) is 0 Å². The van der Waals surface area contributed by atoms with Crippen molar-refractivity contribution in [1.29, 1.82) is 0 Å². The van der Waals surface area contributed by atoms with Crippen molar-refractivity contribution in [2.75, 3.05) is 20.5 Å². The summed E-state index contributed by atoms with van der Waals surface area (Å²) in [5, 5.41) is 0. The molecule has 0 N–H and O–H groups in total. The number of ether oxygens (including phenoxy) is 5. The highest BCUT2D eigenvalue weighted by molar-refractivity contribution is 5.89. The Morgan fingerprint density at radius 2 is 2.13 bits per heavy atom. The quantitative estimate of drug-likeness (QED) is 0.614. The van der Waals surface area contributed by atoms with Gasteiger partial charge in [0.25, 0.3) is 0 Å². The second-order valence-electron chi connectivity index (χ2n) is 5.44. The van der Waals surface area contributed by atoms with Crippen molar-refractivity contribution < 1.29 is 28.5 Å². The molecule has 0 spiro atoms. The number of hydrogen-bond donors (Lipinski definition) is 0. The molecule has 0 saturated carbocycles. The zero-order valence-corrected chi connectivity index (χ0v) is 13.1. The van der Waals surface area contributed by atoms with E-state index in [2.05, 4.69) is 6.58 Å². The van der Waals surface area contributed by atoms with Crippen LogP contribution < -0.4 is 9.47 Å². The predicted molar refractivity (Wildman–Crippen MR) is 81.1 cm³/mol. The molecule has 1 saturated heterocycles. The summed E-state index contributed by atoms with van der Waals surface area (Å²) in [6.45, 7) is 4.68. The first-order valence-electron chi connectivity index (χ1n) is 7.63. The van der Waals surface area contributed by atoms with E-state index in [0.29, 0.717) is 18.1 Å². The Bertz CT molecular complexity index is 591. The maximum atomic E-state index is 11.9. The van der Waals surface area contributed by atoms with Crippen molar-refractivity contribution in [3.05, 3.63) is 35.9 Å². The summed E-state index contributed by atoms with van der Waals surface area (Å²) < 4.78 is 27.1. The van der Waals surface area contributed by atoms with Gasteiger partial charge in [0.1, 0.15) is 6.10 Å². The molecular formula is C17H20O6. The minimum Gasteiger partial charge on any atom is -0.466 e. The first-order chi connectivity index (χ1) is 11.2. The summed E-state index contributed by atoms with van der Waals surface area (Å²) in [6, 6.07) is 5.42. The van der Waals surface area contributed by atoms with Gasteiger partial charge in [-0.1, -0.05) is 12.6 Å². The number of rotatable bonds is 5. The van der Waals surface area contributed by atoms with E-state index in [1.807, 2.05) is 6.07 Å². The van der Waals surface area contributed by atoms with E-state index >= 15 is 0 Å². The van der Waals surface area contributed by atoms with Crippen molar-refractivity contribution in [2.45, 2.75) is 31.7 Å². The molecule has 2 atom stereocenters. The lowest BCUT2D eigenvalue weighted by atomic mass is 10.0. The Morgan fingerprint density at radius 1 is 1.30 bits per heavy atom. The lowest BCUT2D eigenvalue weighted by Crippen LogP contribution is -2.26. The lowest BCUT2D eigenvalue weighted by Gasteiger charge is -2.28. The first-order valence-corrected chi connectivity index (χ1v) is 7.63. The number of carbonyl (C=O) groups excluding carboxylic acids is 1. The van der Waals surface area contributed by atoms with Gasteiger partial charge >= 0.3 is 5.97 Å². The molecule has 0 aromatic heterocycles. The summed E-state index contributed by atoms with van der Waals surface area (Å²) in [6.07, 6.45) is 1.83. The van der Waals surface area contributed by atoms with Crippen molar-refractivity contribution in [1.82, 2.24) is 0 Å². The average molecular weight is 320 g/mol. The van der Waals surface area contributed by atoms with Gasteiger partial charge < -0.3 is 23.7 Å². The van der Waals surface area contributed by atoms with Gasteiger partial charge in [0.2, 0.25) is 6.79 Å². The second kappa shape index (κ2) is 7.02. The molecule has 2 unspecified atom stereocenters. The molecule has 0 bridgehead atoms. The number of hydrogen-bond acceptors (Lipinski definition) is 6. The molecular weight excluding hydrogens is 300 g/mol. The van der Waals surface area contributed by atoms with E-state index < -0.39 is 12.1 Å². The Morgan fingerprint density at radius 3 is 2.87 bits per heavy atom. The molecule has 1 aromatic carbocycles. The summed E-state index contributed by atoms with van der Waals surface area (Å²) in [7, 11) is 1.32. The number of esters is 1. The SMILES string of the molecule is C=C(C(=O)OC)C(OC1CCCCO1)c1ccc2c(c1)OCO2. The van der Waals surface area contributed by atoms with Gasteiger partial charge in [0.15, 0.2) is 17.8 Å². The fourth-order valence-corrected chi connectivity index (χ4v) is 2.65. The largest absolute Gasteiger partial charge is 0.466 e. The molecule has 2 aliphatic heterocycles. The number of fused-ring (bicyclic) bond motifs is 1. The summed E-state index contributed by atoms with van der Waals surface area (Å²) in [5.74, 6) is 0.784. The predicted octanol–water partition coefficient (Wildman–Crippen LogP) is 2.73. The van der Waals surface area contributed by atoms with Crippen LogP contribution in [0.4, 0.5) is 0 Å². The molecule has 0 aliphatic carbocycles. The smallest absolute Gasteiger partial charge is 0.336 e. The van der Waals surface area contributed by atoms with E-state index in [4.69, 9.17) is 23.7 Å². The third-order valence-electron chi connectivity index (χ3n) is 3.89. The number of benzene rings is 1. The highest BCUT2D eigenvalue weighted by Gasteiger charge is 2.28. The highest BCUT2D eigenvalue weighted by Crippen LogP contribution is 2.37. The Labute approximate surface area is 134 Å². The fourth-order valence-electron chi connectivity index (χ4n) is 2.65. The average Bonchev–Trinajstić information content (AvgIpc) is 3.07. The fraction of sp³-hybridized carbons (Fsp3) is 0.471. The summed E-state index contributed by atoms with van der Waals surface area (Å²) in [4.78, 5) is 11.9. The van der Waals surface area contributed by atoms with E-state index in [1.165, 1.54) is 7.11 Å². The zero-order chi connectivity index (χ0) is 16.2. The Kier molecular flexibility index (Phi) is 4.83. The molecule has 1 fully saturated rings. The van der Waals surface area contributed by atoms with Crippen molar-refractivity contribution in [3.8, 4) is 11.5 Å². The number of carbonyl (C=O) groups is 1. The van der Waals surface area contributed by atoms with Gasteiger partial charge in [0, 0.05) is 6.61 Å². The molecule has 23 heavy (non-hydrogen) atoms. The van der Waals surface area contributed by atoms with E-state index in [-0.39, 0.29) is 18.7 Å². The molecule has 124 valence electrons. The maximum Gasteiger partial charge on any atom is 0.336 e. The van der Waals surface area contributed by atoms with E-state index in [0.717, 1.165) is 24.8 Å². The third-order valence-corrected chi connectivity index (χ3v) is 3.89. The number of methoxy groups -OCH3 is 1. The highest BCUT2D eigenvalue weighted by atomic mass is 16.7. The van der Waals surface area contributed by atoms with Crippen LogP contribution in [0.15, 0.2) is 30.4 Å². The molecule has 0 radical (unpaired) electrons. The van der Waals surface area contributed by atoms with Crippen LogP contribution in [-0.2, 0) is 19.0 Å². The van der Waals surface area contributed by atoms with Gasteiger partial charge in [-0.3, -0.25) is 0 Å². The van der Waals surface area contributed by atoms with Crippen molar-refractivity contribution in [3.63, 3.8) is 0 Å². The van der Waals surface area contributed by atoms with Crippen LogP contribution in [0.3, 0.4) is 0 Å². The van der Waals surface area contributed by atoms with Gasteiger partial charge in [-0.15, -0.1) is 0 Å². The van der Waals surface area contributed by atoms with Gasteiger partial charge in [0.05, 0.1) is 12.7 Å². The first kappa shape index (κ1) is 15.8. The van der Waals surface area contributed by atoms with Crippen LogP contribution in [0.5, 0.6) is 11.5 Å². The molecule has 2 aliphatic rings. The minimum absolute atomic E-state index is 0.188. The second-order valence-corrected chi connectivity index (χ2v) is 5.44. The lowest BCUT2D eigenvalue weighted by molar-refractivity contribution is -0.184. The van der Waals surface area contributed by atoms with E-state index in [1.54, 1.807) is 12.1 Å². The summed E-state index contributed by atoms with van der Waals surface area (Å²) >= 11 is 0. The van der Waals surface area contributed by atoms with Crippen molar-refractivity contribution >= 4 is 5.97 Å². The monoisotopic (exact) mass is 320 g/mol. The molecule has 0 amide bonds. The molecule has 3 rings (SSSR count). The summed E-state index contributed by atoms with van der Waals surface area (Å²) in [5.41, 5.74) is 0.972. The van der Waals surface area contributed by atoms with Crippen LogP contribution in [-0.4, -0.2) is 32.8 Å².